The molecule has 0 spiro atoms. The van der Waals surface area contributed by atoms with E-state index in [2.05, 4.69) is 0 Å². The summed E-state index contributed by atoms with van der Waals surface area (Å²) in [5, 5.41) is 10.5. The van der Waals surface area contributed by atoms with Gasteiger partial charge in [-0.05, 0) is 24.3 Å². The fraction of sp³-hybridized carbons (Fsp3) is 0.0769. The molecule has 0 saturated heterocycles. The summed E-state index contributed by atoms with van der Waals surface area (Å²) in [4.78, 5) is 9.81. The highest BCUT2D eigenvalue weighted by molar-refractivity contribution is 7.90. The highest BCUT2D eigenvalue weighted by Crippen LogP contribution is 2.28. The summed E-state index contributed by atoms with van der Waals surface area (Å²) in [6.45, 7) is 0. The molecule has 0 N–H and O–H groups in total. The van der Waals surface area contributed by atoms with Gasteiger partial charge in [0.1, 0.15) is 5.75 Å². The van der Waals surface area contributed by atoms with Gasteiger partial charge in [0.05, 0.1) is 15.9 Å². The van der Waals surface area contributed by atoms with Crippen molar-refractivity contribution in [2.75, 3.05) is 6.26 Å². The van der Waals surface area contributed by atoms with E-state index in [4.69, 9.17) is 4.74 Å². The minimum Gasteiger partial charge on any atom is -0.454 e. The normalized spacial score (nSPS) is 11.1. The molecule has 0 aliphatic heterocycles. The molecular formula is C13H10FNO5S. The van der Waals surface area contributed by atoms with Crippen molar-refractivity contribution in [2.45, 2.75) is 4.90 Å². The van der Waals surface area contributed by atoms with E-state index in [0.717, 1.165) is 24.5 Å². The Hall–Kier alpha value is -2.48. The Morgan fingerprint density at radius 3 is 2.48 bits per heavy atom. The molecule has 0 saturated carbocycles. The second-order valence-corrected chi connectivity index (χ2v) is 6.24. The molecule has 110 valence electrons. The zero-order valence-corrected chi connectivity index (χ0v) is 11.6. The zero-order valence-electron chi connectivity index (χ0n) is 10.8. The Morgan fingerprint density at radius 1 is 1.19 bits per heavy atom. The minimum absolute atomic E-state index is 0.0299. The van der Waals surface area contributed by atoms with Crippen LogP contribution in [-0.2, 0) is 9.84 Å². The van der Waals surface area contributed by atoms with Crippen LogP contribution in [0.5, 0.6) is 11.5 Å². The Balaban J connectivity index is 2.33. The number of non-ortho nitro benzene ring substituents is 1. The van der Waals surface area contributed by atoms with Gasteiger partial charge in [-0.15, -0.1) is 0 Å². The van der Waals surface area contributed by atoms with E-state index in [1.165, 1.54) is 24.3 Å². The molecule has 21 heavy (non-hydrogen) atoms. The summed E-state index contributed by atoms with van der Waals surface area (Å²) in [7, 11) is -3.41. The number of benzene rings is 2. The molecule has 0 bridgehead atoms. The molecule has 0 amide bonds. The molecule has 0 unspecified atom stereocenters. The van der Waals surface area contributed by atoms with Crippen molar-refractivity contribution in [1.82, 2.24) is 0 Å². The molecule has 0 aromatic heterocycles. The monoisotopic (exact) mass is 311 g/mol. The Bertz CT molecular complexity index is 804. The molecule has 2 rings (SSSR count). The van der Waals surface area contributed by atoms with Crippen LogP contribution < -0.4 is 4.74 Å². The van der Waals surface area contributed by atoms with Crippen molar-refractivity contribution in [1.29, 1.82) is 0 Å². The number of halogens is 1. The minimum atomic E-state index is -3.41. The Labute approximate surface area is 119 Å². The van der Waals surface area contributed by atoms with Gasteiger partial charge in [-0.1, -0.05) is 6.07 Å². The lowest BCUT2D eigenvalue weighted by atomic mass is 10.3. The molecule has 0 aliphatic rings. The average molecular weight is 311 g/mol. The van der Waals surface area contributed by atoms with Gasteiger partial charge >= 0.3 is 0 Å². The van der Waals surface area contributed by atoms with Gasteiger partial charge in [0.15, 0.2) is 21.4 Å². The Kier molecular flexibility index (Phi) is 3.90. The van der Waals surface area contributed by atoms with Gasteiger partial charge in [-0.3, -0.25) is 10.1 Å². The van der Waals surface area contributed by atoms with Gasteiger partial charge < -0.3 is 4.74 Å². The SMILES string of the molecule is CS(=O)(=O)c1cccc(Oc2ccc([N+](=O)[O-])cc2F)c1. The molecule has 2 aromatic carbocycles. The highest BCUT2D eigenvalue weighted by Gasteiger charge is 2.13. The molecule has 0 radical (unpaired) electrons. The first-order valence-electron chi connectivity index (χ1n) is 5.69. The van der Waals surface area contributed by atoms with Gasteiger partial charge in [-0.25, -0.2) is 12.8 Å². The topological polar surface area (TPSA) is 86.5 Å². The predicted molar refractivity (Wildman–Crippen MR) is 72.7 cm³/mol. The number of nitrogens with zero attached hydrogens (tertiary/aromatic N) is 1. The average Bonchev–Trinajstić information content (AvgIpc) is 2.40. The van der Waals surface area contributed by atoms with Crippen molar-refractivity contribution in [2.24, 2.45) is 0 Å². The lowest BCUT2D eigenvalue weighted by Crippen LogP contribution is -1.97. The van der Waals surface area contributed by atoms with Crippen LogP contribution in [0.1, 0.15) is 0 Å². The van der Waals surface area contributed by atoms with Crippen molar-refractivity contribution in [3.63, 3.8) is 0 Å². The number of ether oxygens (including phenoxy) is 1. The van der Waals surface area contributed by atoms with Crippen molar-refractivity contribution in [3.8, 4) is 11.5 Å². The van der Waals surface area contributed by atoms with Crippen LogP contribution in [0.2, 0.25) is 0 Å². The largest absolute Gasteiger partial charge is 0.454 e. The summed E-state index contributed by atoms with van der Waals surface area (Å²) >= 11 is 0. The first-order valence-corrected chi connectivity index (χ1v) is 7.58. The molecular weight excluding hydrogens is 301 g/mol. The van der Waals surface area contributed by atoms with Crippen LogP contribution in [0.4, 0.5) is 10.1 Å². The fourth-order valence-corrected chi connectivity index (χ4v) is 2.24. The summed E-state index contributed by atoms with van der Waals surface area (Å²) in [5.41, 5.74) is -0.398. The van der Waals surface area contributed by atoms with Gasteiger partial charge in [0.25, 0.3) is 5.69 Å². The highest BCUT2D eigenvalue weighted by atomic mass is 32.2. The lowest BCUT2D eigenvalue weighted by Gasteiger charge is -2.07. The third-order valence-electron chi connectivity index (χ3n) is 2.59. The number of rotatable bonds is 4. The number of hydrogen-bond acceptors (Lipinski definition) is 5. The molecule has 2 aromatic rings. The maximum Gasteiger partial charge on any atom is 0.272 e. The van der Waals surface area contributed by atoms with Crippen LogP contribution >= 0.6 is 0 Å². The Morgan fingerprint density at radius 2 is 1.90 bits per heavy atom. The van der Waals surface area contributed by atoms with Crippen molar-refractivity contribution < 1.29 is 22.5 Å². The summed E-state index contributed by atoms with van der Waals surface area (Å²) in [5.74, 6) is -1.02. The zero-order chi connectivity index (χ0) is 15.6. The van der Waals surface area contributed by atoms with Crippen LogP contribution in [0.15, 0.2) is 47.4 Å². The quantitative estimate of drug-likeness (QED) is 0.640. The van der Waals surface area contributed by atoms with E-state index in [-0.39, 0.29) is 16.4 Å². The van der Waals surface area contributed by atoms with Crippen molar-refractivity contribution >= 4 is 15.5 Å². The molecule has 8 heteroatoms. The van der Waals surface area contributed by atoms with E-state index in [0.29, 0.717) is 0 Å². The van der Waals surface area contributed by atoms with E-state index in [9.17, 15) is 22.9 Å². The first kappa shape index (κ1) is 14.9. The van der Waals surface area contributed by atoms with Crippen LogP contribution in [-0.4, -0.2) is 19.6 Å². The fourth-order valence-electron chi connectivity index (χ4n) is 1.58. The second kappa shape index (κ2) is 5.49. The summed E-state index contributed by atoms with van der Waals surface area (Å²) in [6, 6.07) is 8.48. The lowest BCUT2D eigenvalue weighted by molar-refractivity contribution is -0.385. The maximum atomic E-state index is 13.7. The molecule has 0 atom stereocenters. The number of hydrogen-bond donors (Lipinski definition) is 0. The van der Waals surface area contributed by atoms with E-state index in [1.54, 1.807) is 0 Å². The second-order valence-electron chi connectivity index (χ2n) is 4.22. The van der Waals surface area contributed by atoms with E-state index in [1.807, 2.05) is 0 Å². The van der Waals surface area contributed by atoms with Crippen LogP contribution in [0.3, 0.4) is 0 Å². The van der Waals surface area contributed by atoms with E-state index < -0.39 is 26.3 Å². The summed E-state index contributed by atoms with van der Waals surface area (Å²) in [6.07, 6.45) is 1.04. The third-order valence-corrected chi connectivity index (χ3v) is 3.70. The number of nitro benzene ring substituents is 1. The molecule has 6 nitrogen and oxygen atoms in total. The molecule has 0 heterocycles. The van der Waals surface area contributed by atoms with Gasteiger partial charge in [-0.2, -0.15) is 0 Å². The van der Waals surface area contributed by atoms with Crippen LogP contribution in [0.25, 0.3) is 0 Å². The first-order chi connectivity index (χ1) is 9.77. The van der Waals surface area contributed by atoms with Crippen molar-refractivity contribution in [3.05, 3.63) is 58.4 Å². The maximum absolute atomic E-state index is 13.7. The third kappa shape index (κ3) is 3.54. The summed E-state index contributed by atoms with van der Waals surface area (Å²) < 4.78 is 41.7. The molecule has 0 aliphatic carbocycles. The standard InChI is InChI=1S/C13H10FNO5S/c1-21(18,19)11-4-2-3-10(8-11)20-13-6-5-9(15(16)17)7-12(13)14/h2-8H,1H3. The number of nitro groups is 1. The van der Waals surface area contributed by atoms with E-state index >= 15 is 0 Å². The van der Waals surface area contributed by atoms with Gasteiger partial charge in [0.2, 0.25) is 0 Å². The van der Waals surface area contributed by atoms with Crippen LogP contribution in [0, 0.1) is 15.9 Å². The molecule has 0 fully saturated rings. The number of sulfone groups is 1. The predicted octanol–water partition coefficient (Wildman–Crippen LogP) is 2.93. The van der Waals surface area contributed by atoms with Gasteiger partial charge in [0, 0.05) is 12.3 Å². The smallest absolute Gasteiger partial charge is 0.272 e.